The first-order valence-corrected chi connectivity index (χ1v) is 8.51. The highest BCUT2D eigenvalue weighted by molar-refractivity contribution is 5.97. The molecule has 1 amide bonds. The third-order valence-corrected chi connectivity index (χ3v) is 4.38. The molecule has 3 rings (SSSR count). The smallest absolute Gasteiger partial charge is 0.230 e. The fraction of sp³-hybridized carbons (Fsp3) is 0.444. The summed E-state index contributed by atoms with van der Waals surface area (Å²) in [5, 5.41) is 3.75. The molecule has 0 atom stereocenters. The first-order valence-electron chi connectivity index (χ1n) is 8.51. The van der Waals surface area contributed by atoms with E-state index in [0.29, 0.717) is 50.0 Å². The molecule has 1 aliphatic rings. The molecule has 0 bridgehead atoms. The molecular formula is C18H22N4O4. The van der Waals surface area contributed by atoms with Crippen molar-refractivity contribution in [3.8, 4) is 5.75 Å². The van der Waals surface area contributed by atoms with Gasteiger partial charge in [-0.25, -0.2) is 0 Å². The molecular weight excluding hydrogens is 336 g/mol. The van der Waals surface area contributed by atoms with Crippen LogP contribution in [-0.4, -0.2) is 71.5 Å². The second-order valence-electron chi connectivity index (χ2n) is 6.22. The third kappa shape index (κ3) is 4.45. The van der Waals surface area contributed by atoms with Gasteiger partial charge < -0.3 is 14.2 Å². The van der Waals surface area contributed by atoms with Gasteiger partial charge in [0.2, 0.25) is 11.8 Å². The predicted octanol–water partition coefficient (Wildman–Crippen LogP) is 0.956. The fourth-order valence-electron chi connectivity index (χ4n) is 2.89. The summed E-state index contributed by atoms with van der Waals surface area (Å²) in [4.78, 5) is 32.6. The topological polar surface area (TPSA) is 88.8 Å². The Bertz CT molecular complexity index is 764. The highest BCUT2D eigenvalue weighted by atomic mass is 16.5. The van der Waals surface area contributed by atoms with Crippen LogP contribution in [0.5, 0.6) is 5.75 Å². The van der Waals surface area contributed by atoms with Gasteiger partial charge in [-0.3, -0.25) is 14.5 Å². The Labute approximate surface area is 151 Å². The number of ether oxygens (including phenoxy) is 1. The monoisotopic (exact) mass is 358 g/mol. The Morgan fingerprint density at radius 3 is 2.42 bits per heavy atom. The molecule has 138 valence electrons. The molecule has 8 heteroatoms. The van der Waals surface area contributed by atoms with Crippen LogP contribution in [0.15, 0.2) is 28.8 Å². The van der Waals surface area contributed by atoms with E-state index in [1.165, 1.54) is 0 Å². The largest absolute Gasteiger partial charge is 0.497 e. The molecule has 1 aromatic heterocycles. The van der Waals surface area contributed by atoms with E-state index in [0.717, 1.165) is 5.75 Å². The highest BCUT2D eigenvalue weighted by Crippen LogP contribution is 2.13. The van der Waals surface area contributed by atoms with Crippen LogP contribution in [0.4, 0.5) is 0 Å². The molecule has 1 saturated heterocycles. The van der Waals surface area contributed by atoms with Gasteiger partial charge in [0.15, 0.2) is 11.6 Å². The number of piperazine rings is 1. The van der Waals surface area contributed by atoms with Crippen LogP contribution in [0.3, 0.4) is 0 Å². The van der Waals surface area contributed by atoms with Gasteiger partial charge in [-0.05, 0) is 24.3 Å². The summed E-state index contributed by atoms with van der Waals surface area (Å²) in [5.74, 6) is 1.63. The number of aromatic nitrogens is 2. The molecule has 0 N–H and O–H groups in total. The standard InChI is InChI=1S/C18H22N4O4/c1-13-19-17(20-26-13)11-18(24)22-9-7-21(8-10-22)12-16(23)14-3-5-15(25-2)6-4-14/h3-6H,7-12H2,1-2H3. The first-order chi connectivity index (χ1) is 12.5. The molecule has 2 aromatic rings. The van der Waals surface area contributed by atoms with E-state index in [2.05, 4.69) is 15.0 Å². The summed E-state index contributed by atoms with van der Waals surface area (Å²) in [5.41, 5.74) is 0.664. The zero-order valence-corrected chi connectivity index (χ0v) is 15.0. The number of hydrogen-bond acceptors (Lipinski definition) is 7. The summed E-state index contributed by atoms with van der Waals surface area (Å²) in [6.07, 6.45) is 0.141. The van der Waals surface area contributed by atoms with Crippen molar-refractivity contribution in [3.05, 3.63) is 41.5 Å². The molecule has 8 nitrogen and oxygen atoms in total. The summed E-state index contributed by atoms with van der Waals surface area (Å²) in [6.45, 7) is 4.55. The molecule has 0 unspecified atom stereocenters. The average molecular weight is 358 g/mol. The van der Waals surface area contributed by atoms with Crippen LogP contribution in [-0.2, 0) is 11.2 Å². The summed E-state index contributed by atoms with van der Waals surface area (Å²) in [7, 11) is 1.59. The van der Waals surface area contributed by atoms with Crippen molar-refractivity contribution in [3.63, 3.8) is 0 Å². The van der Waals surface area contributed by atoms with Gasteiger partial charge in [0.1, 0.15) is 5.75 Å². The lowest BCUT2D eigenvalue weighted by atomic mass is 10.1. The van der Waals surface area contributed by atoms with E-state index in [1.807, 2.05) is 0 Å². The lowest BCUT2D eigenvalue weighted by Crippen LogP contribution is -2.50. The molecule has 1 aromatic carbocycles. The van der Waals surface area contributed by atoms with Crippen molar-refractivity contribution in [2.75, 3.05) is 39.8 Å². The van der Waals surface area contributed by atoms with Crippen molar-refractivity contribution in [1.29, 1.82) is 0 Å². The van der Waals surface area contributed by atoms with Crippen LogP contribution in [0, 0.1) is 6.92 Å². The number of Topliss-reactive ketones (excluding diaryl/α,β-unsaturated/α-hetero) is 1. The highest BCUT2D eigenvalue weighted by Gasteiger charge is 2.23. The quantitative estimate of drug-likeness (QED) is 0.711. The Balaban J connectivity index is 1.47. The van der Waals surface area contributed by atoms with Gasteiger partial charge in [-0.15, -0.1) is 0 Å². The summed E-state index contributed by atoms with van der Waals surface area (Å²) in [6, 6.07) is 7.11. The number of carbonyl (C=O) groups is 2. The van der Waals surface area contributed by atoms with Crippen molar-refractivity contribution in [2.45, 2.75) is 13.3 Å². The van der Waals surface area contributed by atoms with Gasteiger partial charge in [0.25, 0.3) is 0 Å². The van der Waals surface area contributed by atoms with E-state index in [9.17, 15) is 9.59 Å². The average Bonchev–Trinajstić information content (AvgIpc) is 3.07. The SMILES string of the molecule is COc1ccc(C(=O)CN2CCN(C(=O)Cc3noc(C)n3)CC2)cc1. The molecule has 0 spiro atoms. The number of aryl methyl sites for hydroxylation is 1. The maximum atomic E-state index is 12.4. The number of hydrogen-bond donors (Lipinski definition) is 0. The molecule has 1 aliphatic heterocycles. The molecule has 0 saturated carbocycles. The zero-order chi connectivity index (χ0) is 18.5. The summed E-state index contributed by atoms with van der Waals surface area (Å²) < 4.78 is 9.99. The molecule has 2 heterocycles. The third-order valence-electron chi connectivity index (χ3n) is 4.38. The number of benzene rings is 1. The van der Waals surface area contributed by atoms with E-state index in [1.54, 1.807) is 43.2 Å². The minimum Gasteiger partial charge on any atom is -0.497 e. The van der Waals surface area contributed by atoms with Crippen molar-refractivity contribution in [2.24, 2.45) is 0 Å². The second kappa shape index (κ2) is 8.09. The number of rotatable bonds is 6. The minimum atomic E-state index is -0.0214. The lowest BCUT2D eigenvalue weighted by molar-refractivity contribution is -0.132. The van der Waals surface area contributed by atoms with E-state index in [4.69, 9.17) is 9.26 Å². The van der Waals surface area contributed by atoms with Gasteiger partial charge in [-0.1, -0.05) is 5.16 Å². The predicted molar refractivity (Wildman–Crippen MR) is 93.1 cm³/mol. The number of methoxy groups -OCH3 is 1. The molecule has 0 radical (unpaired) electrons. The van der Waals surface area contributed by atoms with Crippen molar-refractivity contribution < 1.29 is 18.8 Å². The Kier molecular flexibility index (Phi) is 5.62. The van der Waals surface area contributed by atoms with Crippen LogP contribution >= 0.6 is 0 Å². The minimum absolute atomic E-state index is 0.0214. The van der Waals surface area contributed by atoms with E-state index < -0.39 is 0 Å². The van der Waals surface area contributed by atoms with Gasteiger partial charge >= 0.3 is 0 Å². The van der Waals surface area contributed by atoms with Gasteiger partial charge in [0.05, 0.1) is 20.1 Å². The second-order valence-corrected chi connectivity index (χ2v) is 6.22. The van der Waals surface area contributed by atoms with Crippen LogP contribution < -0.4 is 4.74 Å². The first kappa shape index (κ1) is 18.1. The maximum absolute atomic E-state index is 12.4. The number of amides is 1. The number of nitrogens with zero attached hydrogens (tertiary/aromatic N) is 4. The van der Waals surface area contributed by atoms with Crippen LogP contribution in [0.2, 0.25) is 0 Å². The molecule has 26 heavy (non-hydrogen) atoms. The maximum Gasteiger partial charge on any atom is 0.230 e. The van der Waals surface area contributed by atoms with Crippen LogP contribution in [0.25, 0.3) is 0 Å². The Morgan fingerprint density at radius 2 is 1.85 bits per heavy atom. The van der Waals surface area contributed by atoms with Crippen LogP contribution in [0.1, 0.15) is 22.1 Å². The van der Waals surface area contributed by atoms with Gasteiger partial charge in [0, 0.05) is 38.7 Å². The van der Waals surface area contributed by atoms with Gasteiger partial charge in [-0.2, -0.15) is 4.98 Å². The van der Waals surface area contributed by atoms with E-state index >= 15 is 0 Å². The normalized spacial score (nSPS) is 15.1. The summed E-state index contributed by atoms with van der Waals surface area (Å²) >= 11 is 0. The Morgan fingerprint density at radius 1 is 1.15 bits per heavy atom. The molecule has 0 aliphatic carbocycles. The lowest BCUT2D eigenvalue weighted by Gasteiger charge is -2.34. The fourth-order valence-corrected chi connectivity index (χ4v) is 2.89. The zero-order valence-electron chi connectivity index (χ0n) is 15.0. The van der Waals surface area contributed by atoms with E-state index in [-0.39, 0.29) is 18.1 Å². The Hall–Kier alpha value is -2.74. The van der Waals surface area contributed by atoms with Crippen molar-refractivity contribution >= 4 is 11.7 Å². The van der Waals surface area contributed by atoms with Crippen molar-refractivity contribution in [1.82, 2.24) is 19.9 Å². The molecule has 1 fully saturated rings. The number of ketones is 1. The number of carbonyl (C=O) groups excluding carboxylic acids is 2.